The highest BCUT2D eigenvalue weighted by Crippen LogP contribution is 2.47. The predicted molar refractivity (Wildman–Crippen MR) is 63.1 cm³/mol. The van der Waals surface area contributed by atoms with E-state index in [1.54, 1.807) is 18.5 Å². The molecule has 2 aliphatic heterocycles. The summed E-state index contributed by atoms with van der Waals surface area (Å²) in [4.78, 5) is 4.00. The second kappa shape index (κ2) is 3.53. The third-order valence-electron chi connectivity index (χ3n) is 4.07. The van der Waals surface area contributed by atoms with Gasteiger partial charge < -0.3 is 5.11 Å². The van der Waals surface area contributed by atoms with Gasteiger partial charge in [0.05, 0.1) is 16.1 Å². The first-order chi connectivity index (χ1) is 8.02. The van der Waals surface area contributed by atoms with Crippen molar-refractivity contribution in [3.8, 4) is 0 Å². The monoisotopic (exact) mass is 253 g/mol. The molecule has 92 valence electrons. The maximum absolute atomic E-state index is 12.0. The van der Waals surface area contributed by atoms with Crippen LogP contribution in [0.5, 0.6) is 0 Å². The van der Waals surface area contributed by atoms with Crippen LogP contribution in [0.1, 0.15) is 31.2 Å². The molecule has 0 radical (unpaired) electrons. The molecule has 0 aromatic carbocycles. The van der Waals surface area contributed by atoms with Crippen molar-refractivity contribution in [3.05, 3.63) is 30.1 Å². The number of nitrogens with zero attached hydrogens (tertiary/aromatic N) is 1. The van der Waals surface area contributed by atoms with Gasteiger partial charge in [-0.1, -0.05) is 6.07 Å². The third kappa shape index (κ3) is 1.60. The first kappa shape index (κ1) is 11.2. The molecular weight excluding hydrogens is 238 g/mol. The first-order valence-electron chi connectivity index (χ1n) is 5.88. The van der Waals surface area contributed by atoms with Crippen LogP contribution in [-0.4, -0.2) is 29.0 Å². The van der Waals surface area contributed by atoms with E-state index in [4.69, 9.17) is 0 Å². The molecule has 0 spiro atoms. The fourth-order valence-electron chi connectivity index (χ4n) is 3.12. The van der Waals surface area contributed by atoms with Gasteiger partial charge in [0.1, 0.15) is 0 Å². The molecule has 0 saturated carbocycles. The summed E-state index contributed by atoms with van der Waals surface area (Å²) < 4.78 is 23.9. The minimum Gasteiger partial charge on any atom is -0.385 e. The molecule has 2 unspecified atom stereocenters. The Labute approximate surface area is 101 Å². The van der Waals surface area contributed by atoms with Crippen LogP contribution < -0.4 is 0 Å². The van der Waals surface area contributed by atoms with Gasteiger partial charge in [0.15, 0.2) is 9.84 Å². The van der Waals surface area contributed by atoms with Crippen molar-refractivity contribution in [1.29, 1.82) is 0 Å². The Morgan fingerprint density at radius 2 is 1.94 bits per heavy atom. The number of hydrogen-bond acceptors (Lipinski definition) is 4. The fraction of sp³-hybridized carbons (Fsp3) is 0.583. The van der Waals surface area contributed by atoms with Gasteiger partial charge in [-0.2, -0.15) is 0 Å². The smallest absolute Gasteiger partial charge is 0.156 e. The molecule has 2 saturated heterocycles. The van der Waals surface area contributed by atoms with Crippen molar-refractivity contribution in [2.45, 2.75) is 41.8 Å². The summed E-state index contributed by atoms with van der Waals surface area (Å²) >= 11 is 0. The van der Waals surface area contributed by atoms with Gasteiger partial charge >= 0.3 is 0 Å². The Morgan fingerprint density at radius 1 is 1.29 bits per heavy atom. The van der Waals surface area contributed by atoms with Crippen molar-refractivity contribution >= 4 is 9.84 Å². The van der Waals surface area contributed by atoms with E-state index in [9.17, 15) is 13.5 Å². The lowest BCUT2D eigenvalue weighted by atomic mass is 9.87. The standard InChI is InChI=1S/C12H15NO3S/c14-12(9-2-1-5-13-8-9)6-10-3-4-11(7-12)17(10,15)16/h1-2,5,8,10-11,14H,3-4,6-7H2. The van der Waals surface area contributed by atoms with Crippen molar-refractivity contribution in [1.82, 2.24) is 4.98 Å². The third-order valence-corrected chi connectivity index (χ3v) is 6.73. The highest BCUT2D eigenvalue weighted by molar-refractivity contribution is 7.93. The van der Waals surface area contributed by atoms with Crippen LogP contribution in [0.3, 0.4) is 0 Å². The summed E-state index contributed by atoms with van der Waals surface area (Å²) in [5.74, 6) is 0. The minimum atomic E-state index is -2.99. The van der Waals surface area contributed by atoms with E-state index in [0.29, 0.717) is 25.7 Å². The molecule has 1 aromatic heterocycles. The quantitative estimate of drug-likeness (QED) is 0.811. The Balaban J connectivity index is 1.99. The number of pyridine rings is 1. The zero-order valence-electron chi connectivity index (χ0n) is 9.41. The summed E-state index contributed by atoms with van der Waals surface area (Å²) in [6, 6.07) is 3.60. The Morgan fingerprint density at radius 3 is 2.47 bits per heavy atom. The summed E-state index contributed by atoms with van der Waals surface area (Å²) in [6.07, 6.45) is 5.30. The number of aromatic nitrogens is 1. The average molecular weight is 253 g/mol. The lowest BCUT2D eigenvalue weighted by Crippen LogP contribution is -2.43. The number of aliphatic hydroxyl groups is 1. The molecule has 4 nitrogen and oxygen atoms in total. The lowest BCUT2D eigenvalue weighted by Gasteiger charge is -2.36. The van der Waals surface area contributed by atoms with Gasteiger partial charge in [0.25, 0.3) is 0 Å². The molecule has 3 rings (SSSR count). The van der Waals surface area contributed by atoms with Gasteiger partial charge in [-0.15, -0.1) is 0 Å². The second-order valence-corrected chi connectivity index (χ2v) is 7.60. The van der Waals surface area contributed by atoms with Crippen LogP contribution in [-0.2, 0) is 15.4 Å². The number of rotatable bonds is 1. The topological polar surface area (TPSA) is 67.3 Å². The molecule has 0 amide bonds. The molecule has 5 heteroatoms. The first-order valence-corrected chi connectivity index (χ1v) is 7.49. The highest BCUT2D eigenvalue weighted by Gasteiger charge is 2.53. The molecule has 1 N–H and O–H groups in total. The van der Waals surface area contributed by atoms with E-state index in [1.165, 1.54) is 0 Å². The maximum Gasteiger partial charge on any atom is 0.156 e. The minimum absolute atomic E-state index is 0.317. The summed E-state index contributed by atoms with van der Waals surface area (Å²) in [6.45, 7) is 0. The van der Waals surface area contributed by atoms with Crippen LogP contribution in [0, 0.1) is 0 Å². The maximum atomic E-state index is 12.0. The van der Waals surface area contributed by atoms with Crippen molar-refractivity contribution in [3.63, 3.8) is 0 Å². The Kier molecular flexibility index (Phi) is 2.32. The van der Waals surface area contributed by atoms with E-state index < -0.39 is 15.4 Å². The average Bonchev–Trinajstić information content (AvgIpc) is 2.52. The Bertz CT molecular complexity index is 506. The molecule has 3 heterocycles. The van der Waals surface area contributed by atoms with Crippen LogP contribution >= 0.6 is 0 Å². The molecule has 0 aliphatic carbocycles. The molecule has 17 heavy (non-hydrogen) atoms. The lowest BCUT2D eigenvalue weighted by molar-refractivity contribution is 0.0170. The van der Waals surface area contributed by atoms with Crippen LogP contribution in [0.15, 0.2) is 24.5 Å². The second-order valence-electron chi connectivity index (χ2n) is 5.09. The number of sulfone groups is 1. The molecular formula is C12H15NO3S. The van der Waals surface area contributed by atoms with Gasteiger partial charge in [0, 0.05) is 18.0 Å². The molecule has 1 aromatic rings. The molecule has 2 fully saturated rings. The molecule has 2 atom stereocenters. The number of hydrogen-bond donors (Lipinski definition) is 1. The van der Waals surface area contributed by atoms with E-state index in [2.05, 4.69) is 4.98 Å². The van der Waals surface area contributed by atoms with E-state index in [0.717, 1.165) is 5.56 Å². The van der Waals surface area contributed by atoms with Gasteiger partial charge in [-0.3, -0.25) is 4.98 Å². The molecule has 2 aliphatic rings. The predicted octanol–water partition coefficient (Wildman–Crippen LogP) is 1.01. The van der Waals surface area contributed by atoms with Crippen LogP contribution in [0.2, 0.25) is 0 Å². The van der Waals surface area contributed by atoms with Crippen molar-refractivity contribution in [2.75, 3.05) is 0 Å². The van der Waals surface area contributed by atoms with Crippen molar-refractivity contribution in [2.24, 2.45) is 0 Å². The highest BCUT2D eigenvalue weighted by atomic mass is 32.2. The Hall–Kier alpha value is -0.940. The fourth-order valence-corrected chi connectivity index (χ4v) is 5.61. The van der Waals surface area contributed by atoms with Crippen LogP contribution in [0.4, 0.5) is 0 Å². The number of fused-ring (bicyclic) bond motifs is 2. The SMILES string of the molecule is O=S1(=O)C2CCC1CC(O)(c1cccnc1)C2. The largest absolute Gasteiger partial charge is 0.385 e. The van der Waals surface area contributed by atoms with Crippen molar-refractivity contribution < 1.29 is 13.5 Å². The molecule has 2 bridgehead atoms. The van der Waals surface area contributed by atoms with Gasteiger partial charge in [-0.25, -0.2) is 8.42 Å². The summed E-state index contributed by atoms with van der Waals surface area (Å²) in [7, 11) is -2.99. The van der Waals surface area contributed by atoms with Crippen LogP contribution in [0.25, 0.3) is 0 Å². The van der Waals surface area contributed by atoms with Gasteiger partial charge in [-0.05, 0) is 31.7 Å². The van der Waals surface area contributed by atoms with Gasteiger partial charge in [0.2, 0.25) is 0 Å². The summed E-state index contributed by atoms with van der Waals surface area (Å²) in [5.41, 5.74) is -0.266. The summed E-state index contributed by atoms with van der Waals surface area (Å²) in [5, 5.41) is 9.91. The zero-order chi connectivity index (χ0) is 12.1. The zero-order valence-corrected chi connectivity index (χ0v) is 10.2. The van der Waals surface area contributed by atoms with E-state index in [1.807, 2.05) is 6.07 Å². The van der Waals surface area contributed by atoms with E-state index >= 15 is 0 Å². The van der Waals surface area contributed by atoms with E-state index in [-0.39, 0.29) is 10.5 Å². The normalized spacial score (nSPS) is 39.1.